The first-order valence-corrected chi connectivity index (χ1v) is 9.08. The molecule has 1 N–H and O–H groups in total. The van der Waals surface area contributed by atoms with E-state index >= 15 is 0 Å². The summed E-state index contributed by atoms with van der Waals surface area (Å²) in [6.45, 7) is 1.55. The second-order valence-corrected chi connectivity index (χ2v) is 7.63. The van der Waals surface area contributed by atoms with Gasteiger partial charge in [-0.25, -0.2) is 8.42 Å². The number of amides is 1. The van der Waals surface area contributed by atoms with Crippen LogP contribution in [-0.2, 0) is 14.8 Å². The summed E-state index contributed by atoms with van der Waals surface area (Å²) >= 11 is 1.59. The Balaban J connectivity index is 2.28. The van der Waals surface area contributed by atoms with E-state index in [1.807, 2.05) is 16.8 Å². The predicted octanol–water partition coefficient (Wildman–Crippen LogP) is 2.17. The highest BCUT2D eigenvalue weighted by Gasteiger charge is 2.28. The van der Waals surface area contributed by atoms with Crippen molar-refractivity contribution in [1.82, 2.24) is 9.62 Å². The molecule has 2 aromatic rings. The number of benzene rings is 1. The average molecular weight is 338 g/mol. The Morgan fingerprint density at radius 1 is 1.18 bits per heavy atom. The molecule has 0 radical (unpaired) electrons. The zero-order chi connectivity index (χ0) is 16.3. The lowest BCUT2D eigenvalue weighted by atomic mass is 10.1. The number of sulfonamides is 1. The van der Waals surface area contributed by atoms with Crippen molar-refractivity contribution in [2.45, 2.75) is 17.9 Å². The molecule has 22 heavy (non-hydrogen) atoms. The smallest absolute Gasteiger partial charge is 0.243 e. The number of carbonyl (C=O) groups excluding carboxylic acids is 1. The largest absolute Gasteiger partial charge is 0.358 e. The molecule has 1 atom stereocenters. The lowest BCUT2D eigenvalue weighted by molar-refractivity contribution is -0.123. The fourth-order valence-electron chi connectivity index (χ4n) is 2.00. The molecule has 0 aliphatic heterocycles. The third kappa shape index (κ3) is 3.21. The highest BCUT2D eigenvalue weighted by molar-refractivity contribution is 7.89. The molecule has 1 aromatic heterocycles. The van der Waals surface area contributed by atoms with E-state index in [2.05, 4.69) is 5.32 Å². The summed E-state index contributed by atoms with van der Waals surface area (Å²) in [4.78, 5) is 11.8. The molecule has 2 rings (SSSR count). The zero-order valence-corrected chi connectivity index (χ0v) is 14.2. The van der Waals surface area contributed by atoms with Crippen molar-refractivity contribution in [3.63, 3.8) is 0 Å². The molecule has 0 spiro atoms. The normalized spacial score (nSPS) is 13.1. The Bertz CT molecular complexity index is 738. The van der Waals surface area contributed by atoms with Crippen molar-refractivity contribution in [3.8, 4) is 11.1 Å². The quantitative estimate of drug-likeness (QED) is 0.908. The molecule has 0 fully saturated rings. The predicted molar refractivity (Wildman–Crippen MR) is 88.2 cm³/mol. The van der Waals surface area contributed by atoms with Gasteiger partial charge in [0.15, 0.2) is 0 Å². The molecule has 0 saturated carbocycles. The molecule has 118 valence electrons. The summed E-state index contributed by atoms with van der Waals surface area (Å²) in [7, 11) is -0.818. The number of carbonyl (C=O) groups is 1. The maximum atomic E-state index is 12.5. The van der Waals surface area contributed by atoms with Crippen LogP contribution in [0.25, 0.3) is 11.1 Å². The molecule has 0 saturated heterocycles. The first-order valence-electron chi connectivity index (χ1n) is 6.70. The van der Waals surface area contributed by atoms with Crippen LogP contribution in [0.15, 0.2) is 46.0 Å². The van der Waals surface area contributed by atoms with Gasteiger partial charge in [0.25, 0.3) is 0 Å². The molecule has 1 unspecified atom stereocenters. The van der Waals surface area contributed by atoms with Crippen molar-refractivity contribution < 1.29 is 13.2 Å². The van der Waals surface area contributed by atoms with E-state index in [4.69, 9.17) is 0 Å². The highest BCUT2D eigenvalue weighted by Crippen LogP contribution is 2.24. The average Bonchev–Trinajstić information content (AvgIpc) is 3.07. The number of rotatable bonds is 5. The van der Waals surface area contributed by atoms with Gasteiger partial charge in [-0.1, -0.05) is 12.1 Å². The number of nitrogens with zero attached hydrogens (tertiary/aromatic N) is 1. The van der Waals surface area contributed by atoms with Gasteiger partial charge in [0.05, 0.1) is 4.90 Å². The van der Waals surface area contributed by atoms with Crippen LogP contribution < -0.4 is 5.32 Å². The monoisotopic (exact) mass is 338 g/mol. The summed E-state index contributed by atoms with van der Waals surface area (Å²) in [5.74, 6) is -0.346. The van der Waals surface area contributed by atoms with Crippen LogP contribution in [0, 0.1) is 0 Å². The fraction of sp³-hybridized carbons (Fsp3) is 0.267. The van der Waals surface area contributed by atoms with Crippen LogP contribution in [0.3, 0.4) is 0 Å². The van der Waals surface area contributed by atoms with Crippen molar-refractivity contribution in [1.29, 1.82) is 0 Å². The standard InChI is InChI=1S/C15H18N2O3S2/c1-11(15(18)16-2)17(3)22(19,20)14-6-4-12(5-7-14)13-8-9-21-10-13/h4-11H,1-3H3,(H,16,18). The Hall–Kier alpha value is -1.70. The highest BCUT2D eigenvalue weighted by atomic mass is 32.2. The van der Waals surface area contributed by atoms with Gasteiger partial charge in [-0.2, -0.15) is 15.6 Å². The maximum absolute atomic E-state index is 12.5. The van der Waals surface area contributed by atoms with Crippen molar-refractivity contribution in [2.75, 3.05) is 14.1 Å². The summed E-state index contributed by atoms with van der Waals surface area (Å²) in [6.07, 6.45) is 0. The van der Waals surface area contributed by atoms with Crippen LogP contribution in [0.4, 0.5) is 0 Å². The van der Waals surface area contributed by atoms with Gasteiger partial charge in [0, 0.05) is 14.1 Å². The summed E-state index contributed by atoms with van der Waals surface area (Å²) < 4.78 is 26.2. The minimum atomic E-state index is -3.70. The van der Waals surface area contributed by atoms with E-state index in [1.54, 1.807) is 42.5 Å². The van der Waals surface area contributed by atoms with Gasteiger partial charge in [0.1, 0.15) is 6.04 Å². The second kappa shape index (κ2) is 6.60. The Labute approximate surface area is 134 Å². The lowest BCUT2D eigenvalue weighted by Gasteiger charge is -2.23. The number of hydrogen-bond acceptors (Lipinski definition) is 4. The van der Waals surface area contributed by atoms with E-state index in [9.17, 15) is 13.2 Å². The first-order chi connectivity index (χ1) is 10.4. The Morgan fingerprint density at radius 2 is 1.82 bits per heavy atom. The van der Waals surface area contributed by atoms with Gasteiger partial charge in [-0.05, 0) is 47.0 Å². The third-order valence-electron chi connectivity index (χ3n) is 3.56. The minimum Gasteiger partial charge on any atom is -0.358 e. The summed E-state index contributed by atoms with van der Waals surface area (Å²) in [5, 5.41) is 6.43. The molecule has 1 aromatic carbocycles. The van der Waals surface area contributed by atoms with Crippen molar-refractivity contribution in [2.24, 2.45) is 0 Å². The van der Waals surface area contributed by atoms with Gasteiger partial charge in [-0.3, -0.25) is 4.79 Å². The van der Waals surface area contributed by atoms with Crippen LogP contribution in [0.5, 0.6) is 0 Å². The minimum absolute atomic E-state index is 0.171. The second-order valence-electron chi connectivity index (χ2n) is 4.85. The number of thiophene rings is 1. The van der Waals surface area contributed by atoms with E-state index in [-0.39, 0.29) is 10.8 Å². The third-order valence-corrected chi connectivity index (χ3v) is 6.18. The molecule has 0 aliphatic rings. The van der Waals surface area contributed by atoms with E-state index in [1.165, 1.54) is 14.1 Å². The van der Waals surface area contributed by atoms with Crippen LogP contribution in [0.1, 0.15) is 6.92 Å². The molecule has 1 amide bonds. The van der Waals surface area contributed by atoms with Crippen LogP contribution in [-0.4, -0.2) is 38.8 Å². The Kier molecular flexibility index (Phi) is 5.00. The molecule has 0 aliphatic carbocycles. The lowest BCUT2D eigenvalue weighted by Crippen LogP contribution is -2.44. The molecular weight excluding hydrogens is 320 g/mol. The topological polar surface area (TPSA) is 66.5 Å². The summed E-state index contributed by atoms with van der Waals surface area (Å²) in [6, 6.07) is 7.88. The van der Waals surface area contributed by atoms with E-state index in [0.29, 0.717) is 0 Å². The number of nitrogens with one attached hydrogen (secondary N) is 1. The maximum Gasteiger partial charge on any atom is 0.243 e. The zero-order valence-electron chi connectivity index (χ0n) is 12.6. The molecule has 5 nitrogen and oxygen atoms in total. The van der Waals surface area contributed by atoms with E-state index < -0.39 is 16.1 Å². The molecule has 0 bridgehead atoms. The number of likely N-dealkylation sites (N-methyl/N-ethyl adjacent to an activating group) is 2. The van der Waals surface area contributed by atoms with Gasteiger partial charge >= 0.3 is 0 Å². The van der Waals surface area contributed by atoms with E-state index in [0.717, 1.165) is 15.4 Å². The Morgan fingerprint density at radius 3 is 2.32 bits per heavy atom. The number of hydrogen-bond donors (Lipinski definition) is 1. The van der Waals surface area contributed by atoms with Gasteiger partial charge < -0.3 is 5.32 Å². The van der Waals surface area contributed by atoms with Crippen LogP contribution >= 0.6 is 11.3 Å². The molecule has 7 heteroatoms. The first kappa shape index (κ1) is 16.7. The molecular formula is C15H18N2O3S2. The SMILES string of the molecule is CNC(=O)C(C)N(C)S(=O)(=O)c1ccc(-c2ccsc2)cc1. The van der Waals surface area contributed by atoms with Crippen molar-refractivity contribution in [3.05, 3.63) is 41.1 Å². The van der Waals surface area contributed by atoms with Crippen LogP contribution in [0.2, 0.25) is 0 Å². The molecule has 1 heterocycles. The fourth-order valence-corrected chi connectivity index (χ4v) is 3.99. The summed E-state index contributed by atoms with van der Waals surface area (Å²) in [5.41, 5.74) is 2.02. The van der Waals surface area contributed by atoms with Crippen molar-refractivity contribution >= 4 is 27.3 Å². The van der Waals surface area contributed by atoms with Gasteiger partial charge in [0.2, 0.25) is 15.9 Å². The van der Waals surface area contributed by atoms with Gasteiger partial charge in [-0.15, -0.1) is 0 Å².